The van der Waals surface area contributed by atoms with Gasteiger partial charge in [-0.3, -0.25) is 9.78 Å². The Morgan fingerprint density at radius 3 is 2.69 bits per heavy atom. The summed E-state index contributed by atoms with van der Waals surface area (Å²) in [6.45, 7) is 0.720. The summed E-state index contributed by atoms with van der Waals surface area (Å²) < 4.78 is 5.91. The van der Waals surface area contributed by atoms with Gasteiger partial charge in [-0.15, -0.1) is 0 Å². The van der Waals surface area contributed by atoms with E-state index in [2.05, 4.69) is 15.5 Å². The highest BCUT2D eigenvalue weighted by Gasteiger charge is 2.22. The molecule has 6 heteroatoms. The molecular weight excluding hydrogens is 400 g/mol. The van der Waals surface area contributed by atoms with Crippen molar-refractivity contribution in [2.75, 3.05) is 6.61 Å². The molecule has 4 aromatic rings. The molecule has 1 N–H and O–H groups in total. The first-order chi connectivity index (χ1) is 15.8. The van der Waals surface area contributed by atoms with Crippen LogP contribution in [-0.2, 0) is 0 Å². The number of pyridine rings is 2. The van der Waals surface area contributed by atoms with Gasteiger partial charge in [-0.1, -0.05) is 30.3 Å². The molecule has 1 amide bonds. The van der Waals surface area contributed by atoms with Crippen LogP contribution in [0.25, 0.3) is 22.2 Å². The number of para-hydroxylation sites is 2. The number of hydrazone groups is 1. The summed E-state index contributed by atoms with van der Waals surface area (Å²) >= 11 is 0. The number of amides is 1. The molecule has 0 unspecified atom stereocenters. The Balaban J connectivity index is 1.39. The number of nitrogens with one attached hydrogen (secondary N) is 1. The fourth-order valence-corrected chi connectivity index (χ4v) is 3.47. The first kappa shape index (κ1) is 19.9. The Morgan fingerprint density at radius 2 is 1.84 bits per heavy atom. The maximum absolute atomic E-state index is 13.0. The second kappa shape index (κ2) is 8.98. The quantitative estimate of drug-likeness (QED) is 0.341. The van der Waals surface area contributed by atoms with E-state index < -0.39 is 0 Å². The van der Waals surface area contributed by atoms with E-state index in [1.807, 2.05) is 60.7 Å². The fourth-order valence-electron chi connectivity index (χ4n) is 3.47. The minimum atomic E-state index is -0.300. The molecular formula is C26H22N4O2. The molecule has 1 aliphatic rings. The lowest BCUT2D eigenvalue weighted by molar-refractivity contribution is 0.0956. The zero-order valence-corrected chi connectivity index (χ0v) is 17.4. The Hall–Kier alpha value is -4.06. The second-order valence-electron chi connectivity index (χ2n) is 7.80. The van der Waals surface area contributed by atoms with Gasteiger partial charge in [-0.2, -0.15) is 5.10 Å². The number of hydrogen-bond donors (Lipinski definition) is 1. The zero-order chi connectivity index (χ0) is 21.8. The normalized spacial score (nSPS) is 13.4. The number of rotatable bonds is 7. The molecule has 32 heavy (non-hydrogen) atoms. The van der Waals surface area contributed by atoms with Gasteiger partial charge in [0.15, 0.2) is 0 Å². The van der Waals surface area contributed by atoms with Gasteiger partial charge in [0.2, 0.25) is 0 Å². The highest BCUT2D eigenvalue weighted by atomic mass is 16.5. The molecule has 6 nitrogen and oxygen atoms in total. The van der Waals surface area contributed by atoms with Crippen molar-refractivity contribution in [2.24, 2.45) is 11.0 Å². The van der Waals surface area contributed by atoms with Crippen LogP contribution < -0.4 is 10.2 Å². The molecule has 1 fully saturated rings. The van der Waals surface area contributed by atoms with E-state index in [1.54, 1.807) is 24.7 Å². The molecule has 0 spiro atoms. The van der Waals surface area contributed by atoms with E-state index in [0.717, 1.165) is 34.4 Å². The second-order valence-corrected chi connectivity index (χ2v) is 7.80. The first-order valence-electron chi connectivity index (χ1n) is 10.6. The monoisotopic (exact) mass is 422 g/mol. The number of aromatic nitrogens is 2. The van der Waals surface area contributed by atoms with Crippen LogP contribution in [0.3, 0.4) is 0 Å². The van der Waals surface area contributed by atoms with E-state index in [1.165, 1.54) is 12.8 Å². The van der Waals surface area contributed by atoms with Gasteiger partial charge in [0, 0.05) is 28.9 Å². The summed E-state index contributed by atoms with van der Waals surface area (Å²) in [5.41, 5.74) is 6.34. The van der Waals surface area contributed by atoms with Crippen LogP contribution in [0.5, 0.6) is 5.75 Å². The molecule has 5 rings (SSSR count). The zero-order valence-electron chi connectivity index (χ0n) is 17.4. The van der Waals surface area contributed by atoms with Gasteiger partial charge in [0.05, 0.1) is 29.6 Å². The SMILES string of the molecule is O=C(N/N=C/c1ccccc1OCC1CC1)c1cc(-c2ccncc2)nc2ccccc12. The molecule has 2 aromatic carbocycles. The molecule has 0 radical (unpaired) electrons. The van der Waals surface area contributed by atoms with Gasteiger partial charge in [0.25, 0.3) is 5.91 Å². The van der Waals surface area contributed by atoms with Gasteiger partial charge < -0.3 is 4.74 Å². The van der Waals surface area contributed by atoms with Crippen molar-refractivity contribution in [3.05, 3.63) is 90.3 Å². The minimum Gasteiger partial charge on any atom is -0.493 e. The number of ether oxygens (including phenoxy) is 1. The summed E-state index contributed by atoms with van der Waals surface area (Å²) in [7, 11) is 0. The van der Waals surface area contributed by atoms with Crippen molar-refractivity contribution < 1.29 is 9.53 Å². The lowest BCUT2D eigenvalue weighted by Gasteiger charge is -2.09. The minimum absolute atomic E-state index is 0.300. The number of hydrogen-bond acceptors (Lipinski definition) is 5. The van der Waals surface area contributed by atoms with Crippen molar-refractivity contribution in [1.82, 2.24) is 15.4 Å². The number of benzene rings is 2. The average Bonchev–Trinajstić information content (AvgIpc) is 3.68. The van der Waals surface area contributed by atoms with Crippen molar-refractivity contribution in [1.29, 1.82) is 0 Å². The predicted molar refractivity (Wildman–Crippen MR) is 125 cm³/mol. The Kier molecular flexibility index (Phi) is 5.58. The largest absolute Gasteiger partial charge is 0.493 e. The van der Waals surface area contributed by atoms with Crippen LogP contribution >= 0.6 is 0 Å². The summed E-state index contributed by atoms with van der Waals surface area (Å²) in [5, 5.41) is 4.97. The molecule has 1 saturated carbocycles. The molecule has 0 atom stereocenters. The lowest BCUT2D eigenvalue weighted by atomic mass is 10.0. The number of carbonyl (C=O) groups is 1. The molecule has 0 aliphatic heterocycles. The highest BCUT2D eigenvalue weighted by Crippen LogP contribution is 2.30. The van der Waals surface area contributed by atoms with Crippen molar-refractivity contribution in [2.45, 2.75) is 12.8 Å². The summed E-state index contributed by atoms with van der Waals surface area (Å²) in [6, 6.07) is 20.8. The van der Waals surface area contributed by atoms with Crippen molar-refractivity contribution >= 4 is 23.0 Å². The molecule has 2 heterocycles. The lowest BCUT2D eigenvalue weighted by Crippen LogP contribution is -2.18. The fraction of sp³-hybridized carbons (Fsp3) is 0.154. The summed E-state index contributed by atoms with van der Waals surface area (Å²) in [6.07, 6.45) is 7.49. The van der Waals surface area contributed by atoms with Gasteiger partial charge in [0.1, 0.15) is 5.75 Å². The van der Waals surface area contributed by atoms with Crippen LogP contribution in [0.2, 0.25) is 0 Å². The van der Waals surface area contributed by atoms with Crippen molar-refractivity contribution in [3.8, 4) is 17.0 Å². The predicted octanol–water partition coefficient (Wildman–Crippen LogP) is 4.85. The van der Waals surface area contributed by atoms with Gasteiger partial charge >= 0.3 is 0 Å². The third-order valence-corrected chi connectivity index (χ3v) is 5.40. The number of nitrogens with zero attached hydrogens (tertiary/aromatic N) is 3. The Labute approximate surface area is 186 Å². The third-order valence-electron chi connectivity index (χ3n) is 5.40. The standard InChI is InChI=1S/C26H22N4O2/c31-26(30-28-16-20-5-1-4-8-25(20)32-17-18-9-10-18)22-15-24(19-11-13-27-14-12-19)29-23-7-3-2-6-21(22)23/h1-8,11-16,18H,9-10,17H2,(H,30,31)/b28-16+. The maximum Gasteiger partial charge on any atom is 0.272 e. The Bertz CT molecular complexity index is 1280. The third kappa shape index (κ3) is 4.49. The summed E-state index contributed by atoms with van der Waals surface area (Å²) in [4.78, 5) is 21.8. The number of fused-ring (bicyclic) bond motifs is 1. The van der Waals surface area contributed by atoms with Gasteiger partial charge in [-0.25, -0.2) is 10.4 Å². The average molecular weight is 422 g/mol. The molecule has 2 aromatic heterocycles. The topological polar surface area (TPSA) is 76.5 Å². The van der Waals surface area contributed by atoms with Crippen LogP contribution in [0.15, 0.2) is 84.2 Å². The van der Waals surface area contributed by atoms with E-state index in [9.17, 15) is 4.79 Å². The number of carbonyl (C=O) groups excluding carboxylic acids is 1. The highest BCUT2D eigenvalue weighted by molar-refractivity contribution is 6.07. The van der Waals surface area contributed by atoms with Crippen LogP contribution in [-0.4, -0.2) is 28.7 Å². The van der Waals surface area contributed by atoms with Crippen LogP contribution in [0, 0.1) is 5.92 Å². The smallest absolute Gasteiger partial charge is 0.272 e. The van der Waals surface area contributed by atoms with Crippen LogP contribution in [0.1, 0.15) is 28.8 Å². The van der Waals surface area contributed by atoms with Gasteiger partial charge in [-0.05, 0) is 55.2 Å². The molecule has 158 valence electrons. The summed E-state index contributed by atoms with van der Waals surface area (Å²) in [5.74, 6) is 1.13. The maximum atomic E-state index is 13.0. The molecule has 0 bridgehead atoms. The van der Waals surface area contributed by atoms with E-state index in [0.29, 0.717) is 17.2 Å². The molecule has 0 saturated heterocycles. The Morgan fingerprint density at radius 1 is 1.06 bits per heavy atom. The first-order valence-corrected chi connectivity index (χ1v) is 10.6. The molecule has 1 aliphatic carbocycles. The van der Waals surface area contributed by atoms with Crippen molar-refractivity contribution in [3.63, 3.8) is 0 Å². The van der Waals surface area contributed by atoms with E-state index in [4.69, 9.17) is 9.72 Å². The van der Waals surface area contributed by atoms with Crippen LogP contribution in [0.4, 0.5) is 0 Å². The van der Waals surface area contributed by atoms with E-state index >= 15 is 0 Å². The van der Waals surface area contributed by atoms with E-state index in [-0.39, 0.29) is 5.91 Å².